The molecule has 0 aliphatic carbocycles. The summed E-state index contributed by atoms with van der Waals surface area (Å²) >= 11 is 0. The molecule has 102 valence electrons. The second-order valence-electron chi connectivity index (χ2n) is 3.40. The molecule has 0 bridgehead atoms. The maximum atomic E-state index is 12.0. The molecule has 0 aromatic carbocycles. The molecule has 0 aromatic rings. The summed E-state index contributed by atoms with van der Waals surface area (Å²) in [6.07, 6.45) is -6.41. The summed E-state index contributed by atoms with van der Waals surface area (Å²) in [5, 5.41) is 15.9. The highest BCUT2D eigenvalue weighted by molar-refractivity contribution is 5.73. The van der Waals surface area contributed by atoms with E-state index in [1.165, 1.54) is 13.8 Å². The Hall–Kier alpha value is -1.58. The van der Waals surface area contributed by atoms with Gasteiger partial charge in [-0.1, -0.05) is 0 Å². The summed E-state index contributed by atoms with van der Waals surface area (Å²) < 4.78 is 43.7. The van der Waals surface area contributed by atoms with E-state index in [9.17, 15) is 22.4 Å². The molecule has 10 heteroatoms. The second kappa shape index (κ2) is 6.23. The van der Waals surface area contributed by atoms with E-state index >= 15 is 0 Å². The van der Waals surface area contributed by atoms with E-state index < -0.39 is 30.5 Å². The van der Waals surface area contributed by atoms with Gasteiger partial charge in [0.05, 0.1) is 5.54 Å². The quantitative estimate of drug-likeness (QED) is 0.301. The van der Waals surface area contributed by atoms with Crippen molar-refractivity contribution in [1.82, 2.24) is 5.01 Å². The van der Waals surface area contributed by atoms with Gasteiger partial charge in [-0.2, -0.15) is 13.2 Å². The highest BCUT2D eigenvalue weighted by atomic mass is 19.4. The Kier molecular flexibility index (Phi) is 6.52. The van der Waals surface area contributed by atoms with Gasteiger partial charge in [0, 0.05) is 0 Å². The summed E-state index contributed by atoms with van der Waals surface area (Å²) in [7, 11) is 0. The number of carbonyl (C=O) groups is 2. The number of halogens is 4. The number of amides is 1. The Morgan fingerprint density at radius 1 is 1.24 bits per heavy atom. The summed E-state index contributed by atoms with van der Waals surface area (Å²) in [6, 6.07) is 0. The molecule has 0 aromatic heterocycles. The number of hydrazine groups is 1. The van der Waals surface area contributed by atoms with Crippen LogP contribution < -0.4 is 5.84 Å². The molecular formula is C7H12F4N2O4. The fraction of sp³-hybridized carbons (Fsp3) is 0.714. The number of hydrogen-bond donors (Lipinski definition) is 3. The lowest BCUT2D eigenvalue weighted by molar-refractivity contribution is -0.192. The number of carboxylic acids is 1. The highest BCUT2D eigenvalue weighted by Gasteiger charge is 2.38. The molecule has 0 fully saturated rings. The van der Waals surface area contributed by atoms with Gasteiger partial charge in [0.15, 0.2) is 0 Å². The van der Waals surface area contributed by atoms with Crippen molar-refractivity contribution < 1.29 is 37.4 Å². The number of nitrogens with two attached hydrogens (primary N) is 1. The van der Waals surface area contributed by atoms with Crippen LogP contribution in [0.25, 0.3) is 0 Å². The van der Waals surface area contributed by atoms with Crippen LogP contribution in [-0.4, -0.2) is 45.7 Å². The van der Waals surface area contributed by atoms with Crippen molar-refractivity contribution in [2.45, 2.75) is 25.6 Å². The van der Waals surface area contributed by atoms with Gasteiger partial charge in [-0.3, -0.25) is 0 Å². The van der Waals surface area contributed by atoms with Crippen LogP contribution in [0.15, 0.2) is 0 Å². The highest BCUT2D eigenvalue weighted by Crippen LogP contribution is 2.13. The fourth-order valence-electron chi connectivity index (χ4n) is 0.323. The third-order valence-corrected chi connectivity index (χ3v) is 1.43. The predicted octanol–water partition coefficient (Wildman–Crippen LogP) is 1.22. The second-order valence-corrected chi connectivity index (χ2v) is 3.40. The minimum absolute atomic E-state index is 0.451. The fourth-order valence-corrected chi connectivity index (χ4v) is 0.323. The number of aliphatic carboxylic acids is 1. The lowest BCUT2D eigenvalue weighted by Crippen LogP contribution is -2.53. The van der Waals surface area contributed by atoms with Crippen molar-refractivity contribution in [3.63, 3.8) is 0 Å². The summed E-state index contributed by atoms with van der Waals surface area (Å²) in [6.45, 7) is 2.01. The molecule has 0 saturated carbocycles. The lowest BCUT2D eigenvalue weighted by atomic mass is 10.1. The van der Waals surface area contributed by atoms with Gasteiger partial charge in [0.2, 0.25) is 0 Å². The van der Waals surface area contributed by atoms with Crippen LogP contribution in [0.3, 0.4) is 0 Å². The number of alkyl halides is 4. The van der Waals surface area contributed by atoms with Crippen molar-refractivity contribution >= 4 is 12.1 Å². The van der Waals surface area contributed by atoms with E-state index in [1.807, 2.05) is 0 Å². The molecule has 17 heavy (non-hydrogen) atoms. The van der Waals surface area contributed by atoms with Crippen LogP contribution >= 0.6 is 0 Å². The van der Waals surface area contributed by atoms with E-state index in [-0.39, 0.29) is 0 Å². The van der Waals surface area contributed by atoms with Crippen LogP contribution in [0.2, 0.25) is 0 Å². The van der Waals surface area contributed by atoms with Crippen molar-refractivity contribution in [1.29, 1.82) is 0 Å². The third kappa shape index (κ3) is 7.33. The number of rotatable bonds is 2. The zero-order valence-electron chi connectivity index (χ0n) is 8.95. The smallest absolute Gasteiger partial charge is 0.475 e. The summed E-state index contributed by atoms with van der Waals surface area (Å²) in [5.41, 5.74) is -1.13. The molecular weight excluding hydrogens is 252 g/mol. The van der Waals surface area contributed by atoms with Crippen molar-refractivity contribution in [2.75, 3.05) is 6.67 Å². The van der Waals surface area contributed by atoms with Gasteiger partial charge in [0.1, 0.15) is 6.67 Å². The topological polar surface area (TPSA) is 104 Å². The van der Waals surface area contributed by atoms with Gasteiger partial charge >= 0.3 is 18.2 Å². The normalized spacial score (nSPS) is 11.2. The molecule has 0 atom stereocenters. The van der Waals surface area contributed by atoms with Crippen molar-refractivity contribution in [2.24, 2.45) is 5.84 Å². The first kappa shape index (κ1) is 17.8. The van der Waals surface area contributed by atoms with Crippen LogP contribution in [0.5, 0.6) is 0 Å². The summed E-state index contributed by atoms with van der Waals surface area (Å²) in [4.78, 5) is 19.0. The standard InChI is InChI=1S/C5H11FN2O2.C2HF3O2/c1-5(2,3-6)8(7)4(9)10;3-2(4,5)1(6)7/h3,7H2,1-2H3,(H,9,10);(H,6,7). The molecule has 1 amide bonds. The monoisotopic (exact) mass is 264 g/mol. The first-order valence-corrected chi connectivity index (χ1v) is 4.00. The number of carboxylic acid groups (broad SMARTS) is 2. The predicted molar refractivity (Wildman–Crippen MR) is 47.8 cm³/mol. The zero-order valence-corrected chi connectivity index (χ0v) is 8.95. The zero-order chi connectivity index (χ0) is 14.4. The van der Waals surface area contributed by atoms with E-state index in [2.05, 4.69) is 0 Å². The van der Waals surface area contributed by atoms with Gasteiger partial charge < -0.3 is 10.2 Å². The lowest BCUT2D eigenvalue weighted by Gasteiger charge is -2.29. The molecule has 0 aliphatic rings. The Labute approximate surface area is 93.6 Å². The minimum Gasteiger partial charge on any atom is -0.475 e. The molecule has 0 saturated heterocycles. The van der Waals surface area contributed by atoms with Crippen LogP contribution in [0.4, 0.5) is 22.4 Å². The van der Waals surface area contributed by atoms with Crippen molar-refractivity contribution in [3.8, 4) is 0 Å². The Bertz CT molecular complexity index is 280. The minimum atomic E-state index is -5.08. The third-order valence-electron chi connectivity index (χ3n) is 1.43. The molecule has 4 N–H and O–H groups in total. The van der Waals surface area contributed by atoms with Gasteiger partial charge in [0.25, 0.3) is 0 Å². The Morgan fingerprint density at radius 3 is 1.59 bits per heavy atom. The van der Waals surface area contributed by atoms with Gasteiger partial charge in [-0.05, 0) is 13.8 Å². The Morgan fingerprint density at radius 2 is 1.53 bits per heavy atom. The number of hydrogen-bond acceptors (Lipinski definition) is 3. The maximum absolute atomic E-state index is 12.0. The first-order chi connectivity index (χ1) is 7.36. The van der Waals surface area contributed by atoms with E-state index in [0.717, 1.165) is 0 Å². The van der Waals surface area contributed by atoms with Gasteiger partial charge in [-0.25, -0.2) is 24.8 Å². The Balaban J connectivity index is 0. The van der Waals surface area contributed by atoms with Crippen LogP contribution in [-0.2, 0) is 4.79 Å². The maximum Gasteiger partial charge on any atom is 0.490 e. The molecule has 0 radical (unpaired) electrons. The number of nitrogens with zero attached hydrogens (tertiary/aromatic N) is 1. The first-order valence-electron chi connectivity index (χ1n) is 4.00. The molecule has 0 rings (SSSR count). The van der Waals surface area contributed by atoms with Crippen LogP contribution in [0.1, 0.15) is 13.8 Å². The van der Waals surface area contributed by atoms with Crippen LogP contribution in [0, 0.1) is 0 Å². The van der Waals surface area contributed by atoms with Gasteiger partial charge in [-0.15, -0.1) is 0 Å². The molecule has 6 nitrogen and oxygen atoms in total. The van der Waals surface area contributed by atoms with E-state index in [0.29, 0.717) is 5.01 Å². The SMILES string of the molecule is CC(C)(CF)N(N)C(=O)O.O=C(O)C(F)(F)F. The molecule has 0 spiro atoms. The average molecular weight is 264 g/mol. The molecule has 0 heterocycles. The average Bonchev–Trinajstić information content (AvgIpc) is 2.15. The van der Waals surface area contributed by atoms with E-state index in [4.69, 9.17) is 20.9 Å². The molecule has 0 unspecified atom stereocenters. The van der Waals surface area contributed by atoms with Crippen molar-refractivity contribution in [3.05, 3.63) is 0 Å². The largest absolute Gasteiger partial charge is 0.490 e. The van der Waals surface area contributed by atoms with E-state index in [1.54, 1.807) is 0 Å². The molecule has 0 aliphatic heterocycles. The summed E-state index contributed by atoms with van der Waals surface area (Å²) in [5.74, 6) is 2.24.